The van der Waals surface area contributed by atoms with Gasteiger partial charge in [-0.25, -0.2) is 9.97 Å². The Bertz CT molecular complexity index is 2160. The summed E-state index contributed by atoms with van der Waals surface area (Å²) >= 11 is 6.02. The van der Waals surface area contributed by atoms with Crippen LogP contribution in [0.4, 0.5) is 22.7 Å². The zero-order valence-electron chi connectivity index (χ0n) is 30.8. The van der Waals surface area contributed by atoms with Crippen molar-refractivity contribution in [2.45, 2.75) is 36.8 Å². The first-order valence-corrected chi connectivity index (χ1v) is 20.4. The van der Waals surface area contributed by atoms with Crippen molar-refractivity contribution < 1.29 is 23.6 Å². The minimum Gasteiger partial charge on any atom is -0.472 e. The first kappa shape index (κ1) is 40.5. The molecule has 0 saturated carbocycles. The normalized spacial score (nSPS) is 16.0. The molecule has 4 amide bonds. The molecule has 0 atom stereocenters. The smallest absolute Gasteiger partial charge is 0.275 e. The van der Waals surface area contributed by atoms with Crippen LogP contribution in [0.25, 0.3) is 10.6 Å². The van der Waals surface area contributed by atoms with Crippen molar-refractivity contribution in [3.63, 3.8) is 0 Å². The van der Waals surface area contributed by atoms with E-state index in [0.29, 0.717) is 72.9 Å². The fourth-order valence-corrected chi connectivity index (χ4v) is 8.61. The number of halogens is 1. The number of benzene rings is 2. The summed E-state index contributed by atoms with van der Waals surface area (Å²) in [6.45, 7) is 2.63. The lowest BCUT2D eigenvalue weighted by molar-refractivity contribution is -0.125. The van der Waals surface area contributed by atoms with Crippen molar-refractivity contribution >= 4 is 85.0 Å². The Labute approximate surface area is 340 Å². The maximum absolute atomic E-state index is 12.8. The van der Waals surface area contributed by atoms with Crippen LogP contribution in [0.2, 0.25) is 0 Å². The number of thiazole rings is 2. The number of aromatic nitrogens is 2. The highest BCUT2D eigenvalue weighted by Crippen LogP contribution is 2.34. The summed E-state index contributed by atoms with van der Waals surface area (Å²) in [5.74, 6) is -1.18. The summed E-state index contributed by atoms with van der Waals surface area (Å²) in [7, 11) is 3.53. The zero-order valence-corrected chi connectivity index (χ0v) is 34.1. The number of nitrogens with one attached hydrogen (secondary N) is 4. The van der Waals surface area contributed by atoms with Gasteiger partial charge in [0.05, 0.1) is 29.0 Å². The van der Waals surface area contributed by atoms with E-state index in [-0.39, 0.29) is 23.6 Å². The average molecular weight is 864 g/mol. The van der Waals surface area contributed by atoms with E-state index in [2.05, 4.69) is 57.0 Å². The van der Waals surface area contributed by atoms with Crippen molar-refractivity contribution in [2.75, 3.05) is 60.7 Å². The van der Waals surface area contributed by atoms with Crippen LogP contribution in [0.1, 0.15) is 46.7 Å². The van der Waals surface area contributed by atoms with Crippen molar-refractivity contribution in [1.82, 2.24) is 20.6 Å². The number of amides is 4. The van der Waals surface area contributed by atoms with E-state index in [0.717, 1.165) is 27.6 Å². The van der Waals surface area contributed by atoms with E-state index >= 15 is 0 Å². The van der Waals surface area contributed by atoms with Gasteiger partial charge in [-0.2, -0.15) is 0 Å². The maximum Gasteiger partial charge on any atom is 0.275 e. The lowest BCUT2D eigenvalue weighted by atomic mass is 9.86. The van der Waals surface area contributed by atoms with E-state index in [9.17, 15) is 19.2 Å². The van der Waals surface area contributed by atoms with Gasteiger partial charge in [0.2, 0.25) is 11.8 Å². The Morgan fingerprint density at radius 2 is 1.18 bits per heavy atom. The van der Waals surface area contributed by atoms with E-state index in [4.69, 9.17) is 15.9 Å². The van der Waals surface area contributed by atoms with Crippen LogP contribution in [0.5, 0.6) is 0 Å². The molecular formula is C38H43BrN10O5S2. The van der Waals surface area contributed by atoms with Crippen LogP contribution < -0.4 is 42.5 Å². The fourth-order valence-electron chi connectivity index (χ4n) is 6.83. The summed E-state index contributed by atoms with van der Waals surface area (Å²) in [5.41, 5.74) is 14.7. The van der Waals surface area contributed by atoms with Crippen LogP contribution in [-0.4, -0.2) is 84.9 Å². The van der Waals surface area contributed by atoms with Crippen LogP contribution in [-0.2, 0) is 9.59 Å². The average Bonchev–Trinajstić information content (AvgIpc) is 4.02. The number of piperidine rings is 2. The van der Waals surface area contributed by atoms with Crippen LogP contribution in [0.15, 0.2) is 86.2 Å². The van der Waals surface area contributed by atoms with E-state index in [1.165, 1.54) is 22.7 Å². The molecule has 0 bridgehead atoms. The van der Waals surface area contributed by atoms with E-state index < -0.39 is 11.1 Å². The third kappa shape index (κ3) is 8.94. The molecule has 0 radical (unpaired) electrons. The Kier molecular flexibility index (Phi) is 12.9. The number of carbonyl (C=O) groups excluding carboxylic acids is 4. The van der Waals surface area contributed by atoms with Gasteiger partial charge < -0.3 is 47.0 Å². The Balaban J connectivity index is 0.000000192. The molecule has 2 aliphatic heterocycles. The molecule has 5 aromatic rings. The fraction of sp³-hybridized carbons (Fsp3) is 0.316. The maximum atomic E-state index is 12.8. The molecule has 8 N–H and O–H groups in total. The molecule has 3 aromatic heterocycles. The molecule has 15 nitrogen and oxygen atoms in total. The van der Waals surface area contributed by atoms with Gasteiger partial charge in [-0.3, -0.25) is 19.2 Å². The van der Waals surface area contributed by atoms with Gasteiger partial charge >= 0.3 is 0 Å². The number of nitrogens with zero attached hydrogens (tertiary/aromatic N) is 4. The molecule has 2 aromatic carbocycles. The monoisotopic (exact) mass is 862 g/mol. The molecule has 56 heavy (non-hydrogen) atoms. The molecule has 0 spiro atoms. The van der Waals surface area contributed by atoms with Gasteiger partial charge in [0.15, 0.2) is 3.92 Å². The predicted molar refractivity (Wildman–Crippen MR) is 223 cm³/mol. The summed E-state index contributed by atoms with van der Waals surface area (Å²) in [6.07, 6.45) is 5.60. The summed E-state index contributed by atoms with van der Waals surface area (Å²) in [6, 6.07) is 17.1. The van der Waals surface area contributed by atoms with Gasteiger partial charge in [-0.1, -0.05) is 24.3 Å². The lowest BCUT2D eigenvalue weighted by Gasteiger charge is -2.41. The summed E-state index contributed by atoms with van der Waals surface area (Å²) < 4.78 is 5.75. The van der Waals surface area contributed by atoms with E-state index in [1.54, 1.807) is 37.4 Å². The second-order valence-electron chi connectivity index (χ2n) is 13.3. The predicted octanol–water partition coefficient (Wildman–Crippen LogP) is 4.90. The third-order valence-electron chi connectivity index (χ3n) is 10.3. The first-order chi connectivity index (χ1) is 27.0. The molecular weight excluding hydrogens is 821 g/mol. The first-order valence-electron chi connectivity index (χ1n) is 17.8. The van der Waals surface area contributed by atoms with Gasteiger partial charge in [0.25, 0.3) is 11.8 Å². The third-order valence-corrected chi connectivity index (χ3v) is 12.6. The summed E-state index contributed by atoms with van der Waals surface area (Å²) in [4.78, 5) is 61.8. The van der Waals surface area contributed by atoms with E-state index in [1.807, 2.05) is 54.6 Å². The van der Waals surface area contributed by atoms with Crippen LogP contribution in [0, 0.1) is 0 Å². The highest BCUT2D eigenvalue weighted by molar-refractivity contribution is 9.11. The number of nitrogens with two attached hydrogens (primary N) is 2. The molecule has 2 fully saturated rings. The number of rotatable bonds is 11. The minimum absolute atomic E-state index is 0.252. The number of hydrogen-bond acceptors (Lipinski definition) is 13. The zero-order chi connectivity index (χ0) is 39.9. The van der Waals surface area contributed by atoms with Gasteiger partial charge in [-0.05, 0) is 86.0 Å². The molecule has 7 rings (SSSR count). The minimum atomic E-state index is -0.682. The number of primary amides is 2. The number of likely N-dealkylation sites (N-methyl/N-ethyl adjacent to an activating group) is 2. The Morgan fingerprint density at radius 3 is 1.59 bits per heavy atom. The second-order valence-corrected chi connectivity index (χ2v) is 16.3. The molecule has 18 heteroatoms. The molecule has 2 saturated heterocycles. The Morgan fingerprint density at radius 1 is 0.714 bits per heavy atom. The van der Waals surface area contributed by atoms with Gasteiger partial charge in [0, 0.05) is 42.5 Å². The van der Waals surface area contributed by atoms with Gasteiger partial charge in [-0.15, -0.1) is 22.7 Å². The van der Waals surface area contributed by atoms with Crippen molar-refractivity contribution in [2.24, 2.45) is 11.5 Å². The van der Waals surface area contributed by atoms with Crippen LogP contribution >= 0.6 is 38.6 Å². The number of anilines is 4. The second kappa shape index (κ2) is 17.8. The topological polar surface area (TPSA) is 214 Å². The number of carbonyl (C=O) groups is 4. The Hall–Kier alpha value is -5.14. The molecule has 2 aliphatic rings. The molecule has 5 heterocycles. The largest absolute Gasteiger partial charge is 0.472 e. The number of furan rings is 1. The highest BCUT2D eigenvalue weighted by atomic mass is 79.9. The SMILES string of the molecule is CNC1(C(N)=O)CCN(c2ccccc2NC(=O)c2csc(-c3ccoc3)n2)CC1.CNC1(C(N)=O)CCN(c2ccccc2NC(=O)c2csc(Br)n2)CC1. The number of hydrogen-bond donors (Lipinski definition) is 6. The number of para-hydroxylation sites is 4. The van der Waals surface area contributed by atoms with Crippen molar-refractivity contribution in [3.05, 3.63) is 93.2 Å². The lowest BCUT2D eigenvalue weighted by Crippen LogP contribution is -2.59. The molecule has 0 unspecified atom stereocenters. The van der Waals surface area contributed by atoms with Crippen molar-refractivity contribution in [3.8, 4) is 10.6 Å². The molecule has 0 aliphatic carbocycles. The van der Waals surface area contributed by atoms with Gasteiger partial charge in [0.1, 0.15) is 33.7 Å². The quantitative estimate of drug-likeness (QED) is 0.105. The summed E-state index contributed by atoms with van der Waals surface area (Å²) in [5, 5.41) is 16.2. The van der Waals surface area contributed by atoms with Crippen molar-refractivity contribution in [1.29, 1.82) is 0 Å². The standard InChI is InChI=1S/C21H23N5O3S.C17H20BrN5O2S/c1-23-21(20(22)28)7-9-26(10-8-21)17-5-3-2-4-15(17)24-18(27)16-13-30-19(25-16)14-6-11-29-12-14;1-20-17(15(19)25)6-8-23(9-7-17)13-5-3-2-4-11(13)21-14(24)12-10-26-16(18)22-12/h2-6,11-13,23H,7-10H2,1H3,(H2,22,28)(H,24,27);2-5,10,20H,6-9H2,1H3,(H2,19,25)(H,21,24). The highest BCUT2D eigenvalue weighted by Gasteiger charge is 2.40. The molecule has 294 valence electrons. The van der Waals surface area contributed by atoms with Crippen LogP contribution in [0.3, 0.4) is 0 Å².